The highest BCUT2D eigenvalue weighted by atomic mass is 16.5. The van der Waals surface area contributed by atoms with Gasteiger partial charge in [0.1, 0.15) is 17.9 Å². The van der Waals surface area contributed by atoms with Crippen molar-refractivity contribution in [3.8, 4) is 5.75 Å². The third-order valence-electron chi connectivity index (χ3n) is 4.29. The molecule has 0 aliphatic carbocycles. The van der Waals surface area contributed by atoms with E-state index in [0.29, 0.717) is 18.8 Å². The van der Waals surface area contributed by atoms with Crippen LogP contribution in [0, 0.1) is 5.92 Å². The topological polar surface area (TPSA) is 81.4 Å². The van der Waals surface area contributed by atoms with E-state index in [4.69, 9.17) is 10.5 Å². The predicted molar refractivity (Wildman–Crippen MR) is 111 cm³/mol. The summed E-state index contributed by atoms with van der Waals surface area (Å²) in [5.74, 6) is 0.0326. The molecule has 5 heteroatoms. The molecular formula is C23H28N2O3. The molecule has 28 heavy (non-hydrogen) atoms. The summed E-state index contributed by atoms with van der Waals surface area (Å²) in [5.41, 5.74) is 6.32. The number of hydrogen-bond acceptors (Lipinski definition) is 3. The fourth-order valence-electron chi connectivity index (χ4n) is 2.96. The molecule has 3 N–H and O–H groups in total. The van der Waals surface area contributed by atoms with Gasteiger partial charge in [-0.1, -0.05) is 56.3 Å². The third-order valence-corrected chi connectivity index (χ3v) is 4.29. The Hall–Kier alpha value is -3.08. The Kier molecular flexibility index (Phi) is 7.38. The predicted octanol–water partition coefficient (Wildman–Crippen LogP) is 3.69. The van der Waals surface area contributed by atoms with Gasteiger partial charge in [0.2, 0.25) is 11.8 Å². The Labute approximate surface area is 166 Å². The Morgan fingerprint density at radius 1 is 1.14 bits per heavy atom. The molecule has 0 heterocycles. The lowest BCUT2D eigenvalue weighted by Crippen LogP contribution is -2.55. The largest absolute Gasteiger partial charge is 0.489 e. The van der Waals surface area contributed by atoms with Gasteiger partial charge in [0.15, 0.2) is 0 Å². The zero-order valence-corrected chi connectivity index (χ0v) is 16.6. The van der Waals surface area contributed by atoms with Gasteiger partial charge in [-0.2, -0.15) is 0 Å². The van der Waals surface area contributed by atoms with Crippen LogP contribution in [0.3, 0.4) is 0 Å². The second-order valence-corrected chi connectivity index (χ2v) is 7.46. The second-order valence-electron chi connectivity index (χ2n) is 7.46. The fraction of sp³-hybridized carbons (Fsp3) is 0.304. The molecule has 1 unspecified atom stereocenters. The lowest BCUT2D eigenvalue weighted by Gasteiger charge is -2.28. The van der Waals surface area contributed by atoms with Crippen LogP contribution in [-0.4, -0.2) is 17.4 Å². The fourth-order valence-corrected chi connectivity index (χ4v) is 2.96. The summed E-state index contributed by atoms with van der Waals surface area (Å²) in [6, 6.07) is 17.4. The molecule has 2 aromatic rings. The number of hydrogen-bond donors (Lipinski definition) is 2. The van der Waals surface area contributed by atoms with E-state index in [1.54, 1.807) is 13.0 Å². The van der Waals surface area contributed by atoms with Crippen LogP contribution in [0.15, 0.2) is 60.7 Å². The first-order valence-electron chi connectivity index (χ1n) is 9.35. The van der Waals surface area contributed by atoms with E-state index < -0.39 is 11.4 Å². The van der Waals surface area contributed by atoms with Crippen molar-refractivity contribution < 1.29 is 14.3 Å². The van der Waals surface area contributed by atoms with Gasteiger partial charge in [0, 0.05) is 6.08 Å². The second kappa shape index (κ2) is 9.74. The third kappa shape index (κ3) is 6.58. The number of nitrogens with two attached hydrogens (primary N) is 1. The molecule has 2 amide bonds. The Balaban J connectivity index is 1.99. The minimum atomic E-state index is -1.07. The number of benzene rings is 2. The first-order chi connectivity index (χ1) is 13.3. The maximum absolute atomic E-state index is 12.3. The van der Waals surface area contributed by atoms with Crippen molar-refractivity contribution in [3.63, 3.8) is 0 Å². The van der Waals surface area contributed by atoms with Crippen molar-refractivity contribution in [1.82, 2.24) is 5.32 Å². The normalized spacial score (nSPS) is 13.3. The van der Waals surface area contributed by atoms with Crippen LogP contribution < -0.4 is 15.8 Å². The maximum atomic E-state index is 12.3. The van der Waals surface area contributed by atoms with E-state index in [-0.39, 0.29) is 11.8 Å². The molecule has 2 rings (SSSR count). The summed E-state index contributed by atoms with van der Waals surface area (Å²) < 4.78 is 5.80. The van der Waals surface area contributed by atoms with Crippen LogP contribution in [0.4, 0.5) is 0 Å². The van der Waals surface area contributed by atoms with Gasteiger partial charge in [-0.05, 0) is 48.6 Å². The van der Waals surface area contributed by atoms with Gasteiger partial charge in [-0.15, -0.1) is 0 Å². The van der Waals surface area contributed by atoms with Crippen LogP contribution in [0.5, 0.6) is 5.75 Å². The number of nitrogens with one attached hydrogen (secondary N) is 1. The minimum absolute atomic E-state index is 0.222. The monoisotopic (exact) mass is 380 g/mol. The van der Waals surface area contributed by atoms with Gasteiger partial charge in [0.25, 0.3) is 0 Å². The van der Waals surface area contributed by atoms with Gasteiger partial charge in [-0.25, -0.2) is 0 Å². The standard InChI is InChI=1S/C23H28N2O3/c1-17(2)15-23(3,22(24)27)25-21(26)13-12-18-10-7-11-20(14-18)28-16-19-8-5-4-6-9-19/h4-14,17H,15-16H2,1-3H3,(H2,24,27)(H,25,26)/b13-12+. The zero-order valence-electron chi connectivity index (χ0n) is 16.6. The van der Waals surface area contributed by atoms with Crippen LogP contribution in [0.1, 0.15) is 38.3 Å². The molecule has 5 nitrogen and oxygen atoms in total. The van der Waals surface area contributed by atoms with Crippen LogP contribution in [-0.2, 0) is 16.2 Å². The molecule has 0 aromatic heterocycles. The lowest BCUT2D eigenvalue weighted by atomic mass is 9.90. The van der Waals surface area contributed by atoms with Crippen molar-refractivity contribution in [2.45, 2.75) is 39.3 Å². The zero-order chi connectivity index (χ0) is 20.6. The van der Waals surface area contributed by atoms with Crippen molar-refractivity contribution in [2.75, 3.05) is 0 Å². The molecule has 0 spiro atoms. The van der Waals surface area contributed by atoms with E-state index >= 15 is 0 Å². The molecule has 2 aromatic carbocycles. The SMILES string of the molecule is CC(C)CC(C)(NC(=O)/C=C/c1cccc(OCc2ccccc2)c1)C(N)=O. The molecule has 0 radical (unpaired) electrons. The number of primary amides is 1. The number of carbonyl (C=O) groups excluding carboxylic acids is 2. The van der Waals surface area contributed by atoms with E-state index in [1.165, 1.54) is 6.08 Å². The molecule has 0 aliphatic heterocycles. The minimum Gasteiger partial charge on any atom is -0.489 e. The molecule has 0 bridgehead atoms. The van der Waals surface area contributed by atoms with Crippen LogP contribution >= 0.6 is 0 Å². The number of amides is 2. The van der Waals surface area contributed by atoms with Crippen molar-refractivity contribution in [2.24, 2.45) is 11.7 Å². The van der Waals surface area contributed by atoms with Gasteiger partial charge in [0.05, 0.1) is 0 Å². The summed E-state index contributed by atoms with van der Waals surface area (Å²) in [5, 5.41) is 2.72. The molecule has 148 valence electrons. The van der Waals surface area contributed by atoms with Crippen molar-refractivity contribution in [3.05, 3.63) is 71.8 Å². The first kappa shape index (κ1) is 21.2. The first-order valence-corrected chi connectivity index (χ1v) is 9.35. The average Bonchev–Trinajstić information content (AvgIpc) is 2.65. The molecule has 0 aliphatic rings. The summed E-state index contributed by atoms with van der Waals surface area (Å²) in [7, 11) is 0. The number of rotatable bonds is 9. The van der Waals surface area contributed by atoms with E-state index in [1.807, 2.05) is 68.4 Å². The molecule has 0 fully saturated rings. The van der Waals surface area contributed by atoms with E-state index in [0.717, 1.165) is 11.1 Å². The van der Waals surface area contributed by atoms with Gasteiger partial charge >= 0.3 is 0 Å². The van der Waals surface area contributed by atoms with Crippen molar-refractivity contribution >= 4 is 17.9 Å². The maximum Gasteiger partial charge on any atom is 0.244 e. The highest BCUT2D eigenvalue weighted by Gasteiger charge is 2.32. The highest BCUT2D eigenvalue weighted by molar-refractivity contribution is 5.96. The average molecular weight is 380 g/mol. The smallest absolute Gasteiger partial charge is 0.244 e. The van der Waals surface area contributed by atoms with Crippen LogP contribution in [0.25, 0.3) is 6.08 Å². The van der Waals surface area contributed by atoms with Gasteiger partial charge in [-0.3, -0.25) is 9.59 Å². The van der Waals surface area contributed by atoms with Crippen LogP contribution in [0.2, 0.25) is 0 Å². The molecule has 0 saturated carbocycles. The Morgan fingerprint density at radius 2 is 1.86 bits per heavy atom. The summed E-state index contributed by atoms with van der Waals surface area (Å²) >= 11 is 0. The summed E-state index contributed by atoms with van der Waals surface area (Å²) in [6.45, 7) is 6.08. The summed E-state index contributed by atoms with van der Waals surface area (Å²) in [6.07, 6.45) is 3.56. The number of ether oxygens (including phenoxy) is 1. The Bertz CT molecular complexity index is 831. The Morgan fingerprint density at radius 3 is 2.50 bits per heavy atom. The lowest BCUT2D eigenvalue weighted by molar-refractivity contribution is -0.129. The quantitative estimate of drug-likeness (QED) is 0.651. The highest BCUT2D eigenvalue weighted by Crippen LogP contribution is 2.18. The molecule has 1 atom stereocenters. The van der Waals surface area contributed by atoms with Gasteiger partial charge < -0.3 is 15.8 Å². The van der Waals surface area contributed by atoms with E-state index in [9.17, 15) is 9.59 Å². The molecule has 0 saturated heterocycles. The molecular weight excluding hydrogens is 352 g/mol. The number of carbonyl (C=O) groups is 2. The summed E-state index contributed by atoms with van der Waals surface area (Å²) in [4.78, 5) is 24.0. The van der Waals surface area contributed by atoms with Crippen molar-refractivity contribution in [1.29, 1.82) is 0 Å². The van der Waals surface area contributed by atoms with E-state index in [2.05, 4.69) is 5.32 Å².